The van der Waals surface area contributed by atoms with E-state index in [0.29, 0.717) is 6.04 Å². The minimum absolute atomic E-state index is 0.207. The first kappa shape index (κ1) is 16.6. The summed E-state index contributed by atoms with van der Waals surface area (Å²) < 4.78 is 5.42. The number of amides is 1. The number of carbonyl (C=O) groups excluding carboxylic acids is 1. The lowest BCUT2D eigenvalue weighted by Gasteiger charge is -2.34. The van der Waals surface area contributed by atoms with E-state index in [1.54, 1.807) is 4.90 Å². The van der Waals surface area contributed by atoms with Gasteiger partial charge in [-0.15, -0.1) is 0 Å². The maximum absolute atomic E-state index is 12.0. The van der Waals surface area contributed by atoms with Gasteiger partial charge in [-0.1, -0.05) is 0 Å². The van der Waals surface area contributed by atoms with Crippen LogP contribution in [0.1, 0.15) is 45.0 Å². The van der Waals surface area contributed by atoms with E-state index in [-0.39, 0.29) is 6.09 Å². The molecule has 0 spiro atoms. The van der Waals surface area contributed by atoms with E-state index in [2.05, 4.69) is 22.4 Å². The lowest BCUT2D eigenvalue weighted by molar-refractivity contribution is 0.0210. The van der Waals surface area contributed by atoms with Crippen LogP contribution in [0.15, 0.2) is 12.1 Å². The highest BCUT2D eigenvalue weighted by atomic mass is 16.6. The van der Waals surface area contributed by atoms with Gasteiger partial charge in [-0.25, -0.2) is 4.79 Å². The fraction of sp³-hybridized carbons (Fsp3) is 0.647. The molecule has 22 heavy (non-hydrogen) atoms. The summed E-state index contributed by atoms with van der Waals surface area (Å²) in [7, 11) is 0. The van der Waals surface area contributed by atoms with Crippen molar-refractivity contribution in [3.63, 3.8) is 0 Å². The molecule has 0 aromatic carbocycles. The third-order valence-corrected chi connectivity index (χ3v) is 3.60. The Balaban J connectivity index is 1.86. The van der Waals surface area contributed by atoms with Gasteiger partial charge in [0.05, 0.1) is 0 Å². The number of hydrogen-bond acceptors (Lipinski definition) is 4. The monoisotopic (exact) mass is 305 g/mol. The summed E-state index contributed by atoms with van der Waals surface area (Å²) in [6, 6.07) is 4.51. The summed E-state index contributed by atoms with van der Waals surface area (Å²) in [6.07, 6.45) is 1.65. The Morgan fingerprint density at radius 2 is 1.77 bits per heavy atom. The van der Waals surface area contributed by atoms with Crippen molar-refractivity contribution in [2.75, 3.05) is 18.4 Å². The van der Waals surface area contributed by atoms with Gasteiger partial charge in [-0.05, 0) is 59.6 Å². The molecule has 1 amide bonds. The molecule has 122 valence electrons. The number of nitrogens with zero attached hydrogens (tertiary/aromatic N) is 2. The Kier molecular flexibility index (Phi) is 4.94. The summed E-state index contributed by atoms with van der Waals surface area (Å²) in [5.41, 5.74) is 2.72. The normalized spacial score (nSPS) is 16.5. The van der Waals surface area contributed by atoms with E-state index in [0.717, 1.165) is 43.0 Å². The maximum atomic E-state index is 12.0. The first-order chi connectivity index (χ1) is 10.2. The van der Waals surface area contributed by atoms with E-state index in [1.807, 2.05) is 34.6 Å². The Morgan fingerprint density at radius 1 is 1.23 bits per heavy atom. The predicted octanol–water partition coefficient (Wildman–Crippen LogP) is 3.51. The van der Waals surface area contributed by atoms with Crippen LogP contribution in [0.3, 0.4) is 0 Å². The van der Waals surface area contributed by atoms with E-state index in [4.69, 9.17) is 4.74 Å². The van der Waals surface area contributed by atoms with E-state index >= 15 is 0 Å². The molecule has 0 atom stereocenters. The van der Waals surface area contributed by atoms with Crippen molar-refractivity contribution < 1.29 is 9.53 Å². The van der Waals surface area contributed by atoms with Crippen LogP contribution in [0, 0.1) is 13.8 Å². The molecule has 1 aromatic rings. The largest absolute Gasteiger partial charge is 0.444 e. The number of ether oxygens (including phenoxy) is 1. The Labute approximate surface area is 133 Å². The zero-order valence-corrected chi connectivity index (χ0v) is 14.3. The van der Waals surface area contributed by atoms with Gasteiger partial charge in [0.15, 0.2) is 0 Å². The predicted molar refractivity (Wildman–Crippen MR) is 88.2 cm³/mol. The van der Waals surface area contributed by atoms with Crippen LogP contribution in [0.5, 0.6) is 0 Å². The molecular formula is C17H27N3O2. The second-order valence-corrected chi connectivity index (χ2v) is 7.02. The number of anilines is 1. The molecule has 5 heteroatoms. The van der Waals surface area contributed by atoms with Crippen molar-refractivity contribution in [1.82, 2.24) is 9.88 Å². The molecule has 2 rings (SSSR count). The molecular weight excluding hydrogens is 278 g/mol. The number of carbonyl (C=O) groups is 1. The summed E-state index contributed by atoms with van der Waals surface area (Å²) in [5.74, 6) is 0. The number of rotatable bonds is 2. The maximum Gasteiger partial charge on any atom is 0.410 e. The fourth-order valence-electron chi connectivity index (χ4n) is 2.69. The molecule has 1 N–H and O–H groups in total. The highest BCUT2D eigenvalue weighted by Gasteiger charge is 2.26. The van der Waals surface area contributed by atoms with Gasteiger partial charge in [-0.2, -0.15) is 0 Å². The topological polar surface area (TPSA) is 54.5 Å². The Bertz CT molecular complexity index is 509. The molecule has 1 fully saturated rings. The summed E-state index contributed by atoms with van der Waals surface area (Å²) in [6.45, 7) is 11.2. The second-order valence-electron chi connectivity index (χ2n) is 7.02. The smallest absolute Gasteiger partial charge is 0.410 e. The SMILES string of the molecule is Cc1cc(NC2CCN(C(=O)OC(C)(C)C)CC2)cc(C)n1. The van der Waals surface area contributed by atoms with E-state index in [9.17, 15) is 4.79 Å². The molecule has 1 aromatic heterocycles. The van der Waals surface area contributed by atoms with Gasteiger partial charge in [0.1, 0.15) is 5.60 Å². The van der Waals surface area contributed by atoms with E-state index in [1.165, 1.54) is 0 Å². The highest BCUT2D eigenvalue weighted by Crippen LogP contribution is 2.19. The molecule has 2 heterocycles. The molecule has 1 aliphatic heterocycles. The van der Waals surface area contributed by atoms with Crippen LogP contribution in [-0.2, 0) is 4.74 Å². The zero-order chi connectivity index (χ0) is 16.3. The highest BCUT2D eigenvalue weighted by molar-refractivity contribution is 5.68. The molecule has 0 radical (unpaired) electrons. The summed E-state index contributed by atoms with van der Waals surface area (Å²) in [5, 5.41) is 3.55. The van der Waals surface area contributed by atoms with Crippen molar-refractivity contribution in [3.8, 4) is 0 Å². The quantitative estimate of drug-likeness (QED) is 0.908. The average molecular weight is 305 g/mol. The second kappa shape index (κ2) is 6.55. The number of pyridine rings is 1. The third kappa shape index (κ3) is 4.90. The number of likely N-dealkylation sites (tertiary alicyclic amines) is 1. The lowest BCUT2D eigenvalue weighted by atomic mass is 10.0. The van der Waals surface area contributed by atoms with Gasteiger partial charge in [0.25, 0.3) is 0 Å². The minimum Gasteiger partial charge on any atom is -0.444 e. The van der Waals surface area contributed by atoms with Crippen LogP contribution in [0.2, 0.25) is 0 Å². The number of hydrogen-bond donors (Lipinski definition) is 1. The van der Waals surface area contributed by atoms with Crippen LogP contribution in [0.4, 0.5) is 10.5 Å². The van der Waals surface area contributed by atoms with Crippen LogP contribution < -0.4 is 5.32 Å². The minimum atomic E-state index is -0.432. The zero-order valence-electron chi connectivity index (χ0n) is 14.3. The first-order valence-electron chi connectivity index (χ1n) is 7.93. The van der Waals surface area contributed by atoms with Crippen molar-refractivity contribution in [2.45, 2.75) is 59.1 Å². The van der Waals surface area contributed by atoms with Crippen molar-refractivity contribution in [3.05, 3.63) is 23.5 Å². The van der Waals surface area contributed by atoms with Gasteiger partial charge in [0.2, 0.25) is 0 Å². The number of aromatic nitrogens is 1. The van der Waals surface area contributed by atoms with E-state index < -0.39 is 5.60 Å². The molecule has 0 saturated carbocycles. The molecule has 0 unspecified atom stereocenters. The fourth-order valence-corrected chi connectivity index (χ4v) is 2.69. The Hall–Kier alpha value is -1.78. The van der Waals surface area contributed by atoms with Gasteiger partial charge in [0, 0.05) is 36.2 Å². The van der Waals surface area contributed by atoms with Gasteiger partial charge < -0.3 is 15.0 Å². The van der Waals surface area contributed by atoms with Crippen LogP contribution in [-0.4, -0.2) is 40.7 Å². The molecule has 1 aliphatic rings. The first-order valence-corrected chi connectivity index (χ1v) is 7.93. The van der Waals surface area contributed by atoms with Crippen LogP contribution in [0.25, 0.3) is 0 Å². The summed E-state index contributed by atoms with van der Waals surface area (Å²) >= 11 is 0. The average Bonchev–Trinajstić information content (AvgIpc) is 2.36. The molecule has 1 saturated heterocycles. The summed E-state index contributed by atoms with van der Waals surface area (Å²) in [4.78, 5) is 18.2. The lowest BCUT2D eigenvalue weighted by Crippen LogP contribution is -2.44. The molecule has 0 bridgehead atoms. The van der Waals surface area contributed by atoms with Gasteiger partial charge in [-0.3, -0.25) is 4.98 Å². The number of nitrogens with one attached hydrogen (secondary N) is 1. The molecule has 5 nitrogen and oxygen atoms in total. The standard InChI is InChI=1S/C17H27N3O2/c1-12-10-15(11-13(2)18-12)19-14-6-8-20(9-7-14)16(21)22-17(3,4)5/h10-11,14H,6-9H2,1-5H3,(H,18,19). The third-order valence-electron chi connectivity index (χ3n) is 3.60. The Morgan fingerprint density at radius 3 is 2.27 bits per heavy atom. The van der Waals surface area contributed by atoms with Crippen molar-refractivity contribution >= 4 is 11.8 Å². The van der Waals surface area contributed by atoms with Gasteiger partial charge >= 0.3 is 6.09 Å². The van der Waals surface area contributed by atoms with Crippen LogP contribution >= 0.6 is 0 Å². The molecule has 0 aliphatic carbocycles. The number of piperidine rings is 1. The van der Waals surface area contributed by atoms with Crippen molar-refractivity contribution in [1.29, 1.82) is 0 Å². The number of aryl methyl sites for hydroxylation is 2. The van der Waals surface area contributed by atoms with Crippen molar-refractivity contribution in [2.24, 2.45) is 0 Å².